The number of nitrogens with zero attached hydrogens (tertiary/aromatic N) is 1. The van der Waals surface area contributed by atoms with Gasteiger partial charge in [0.25, 0.3) is 0 Å². The van der Waals surface area contributed by atoms with Crippen LogP contribution in [0.25, 0.3) is 22.6 Å². The Hall–Kier alpha value is -3.86. The van der Waals surface area contributed by atoms with Crippen molar-refractivity contribution >= 4 is 5.97 Å². The van der Waals surface area contributed by atoms with Gasteiger partial charge in [0.2, 0.25) is 0 Å². The van der Waals surface area contributed by atoms with Gasteiger partial charge in [0.1, 0.15) is 11.4 Å². The van der Waals surface area contributed by atoms with Gasteiger partial charge in [0.05, 0.1) is 7.11 Å². The monoisotopic (exact) mass is 441 g/mol. The van der Waals surface area contributed by atoms with E-state index in [1.165, 1.54) is 18.2 Å². The molecule has 0 spiro atoms. The van der Waals surface area contributed by atoms with E-state index in [0.29, 0.717) is 18.1 Å². The van der Waals surface area contributed by atoms with Crippen LogP contribution in [0.1, 0.15) is 22.6 Å². The lowest BCUT2D eigenvalue weighted by molar-refractivity contribution is -0.142. The normalized spacial score (nSPS) is 10.8. The van der Waals surface area contributed by atoms with E-state index in [9.17, 15) is 4.79 Å². The summed E-state index contributed by atoms with van der Waals surface area (Å²) in [5.41, 5.74) is 6.34. The van der Waals surface area contributed by atoms with Crippen molar-refractivity contribution in [2.75, 3.05) is 13.7 Å². The predicted octanol–water partition coefficient (Wildman–Crippen LogP) is 5.96. The van der Waals surface area contributed by atoms with Crippen LogP contribution < -0.4 is 4.74 Å². The van der Waals surface area contributed by atoms with Crippen LogP contribution in [-0.4, -0.2) is 24.7 Å². The Bertz CT molecular complexity index is 1200. The summed E-state index contributed by atoms with van der Waals surface area (Å²) < 4.78 is 16.4. The summed E-state index contributed by atoms with van der Waals surface area (Å²) in [5.74, 6) is 1.69. The van der Waals surface area contributed by atoms with Gasteiger partial charge < -0.3 is 13.9 Å². The van der Waals surface area contributed by atoms with Crippen LogP contribution in [0.5, 0.6) is 5.75 Å². The molecule has 168 valence electrons. The highest BCUT2D eigenvalue weighted by Crippen LogP contribution is 2.34. The van der Waals surface area contributed by atoms with E-state index in [1.807, 2.05) is 36.4 Å². The maximum atomic E-state index is 11.3. The number of hydrogen-bond donors (Lipinski definition) is 0. The fraction of sp³-hybridized carbons (Fsp3) is 0.214. The number of rotatable bonds is 8. The molecule has 0 aliphatic carbocycles. The average Bonchev–Trinajstić information content (AvgIpc) is 3.26. The van der Waals surface area contributed by atoms with Crippen LogP contribution >= 0.6 is 0 Å². The van der Waals surface area contributed by atoms with E-state index in [0.717, 1.165) is 34.6 Å². The number of carbonyl (C=O) groups is 1. The summed E-state index contributed by atoms with van der Waals surface area (Å²) >= 11 is 0. The molecule has 1 aromatic heterocycles. The van der Waals surface area contributed by atoms with Gasteiger partial charge in [-0.2, -0.15) is 0 Å². The molecule has 0 saturated heterocycles. The molecule has 0 N–H and O–H groups in total. The van der Waals surface area contributed by atoms with E-state index >= 15 is 0 Å². The van der Waals surface area contributed by atoms with Crippen molar-refractivity contribution in [1.29, 1.82) is 0 Å². The molecule has 0 fully saturated rings. The molecule has 5 heteroatoms. The lowest BCUT2D eigenvalue weighted by Crippen LogP contribution is -2.12. The second-order valence-corrected chi connectivity index (χ2v) is 8.04. The Morgan fingerprint density at radius 1 is 0.879 bits per heavy atom. The topological polar surface area (TPSA) is 61.6 Å². The first-order valence-corrected chi connectivity index (χ1v) is 10.9. The lowest BCUT2D eigenvalue weighted by Gasteiger charge is -2.06. The van der Waals surface area contributed by atoms with Gasteiger partial charge in [-0.05, 0) is 50.1 Å². The lowest BCUT2D eigenvalue weighted by atomic mass is 10.0. The molecule has 4 rings (SSSR count). The smallest absolute Gasteiger partial charge is 0.343 e. The van der Waals surface area contributed by atoms with Crippen molar-refractivity contribution in [2.45, 2.75) is 26.7 Å². The highest BCUT2D eigenvalue weighted by atomic mass is 16.6. The van der Waals surface area contributed by atoms with Gasteiger partial charge in [-0.15, -0.1) is 0 Å². The minimum atomic E-state index is -0.410. The molecule has 0 atom stereocenters. The molecule has 0 bridgehead atoms. The minimum absolute atomic E-state index is 0.112. The maximum absolute atomic E-state index is 11.3. The zero-order chi connectivity index (χ0) is 23.2. The molecular formula is C28H27NO4. The van der Waals surface area contributed by atoms with Crippen molar-refractivity contribution in [3.05, 3.63) is 95.4 Å². The Labute approximate surface area is 194 Å². The Kier molecular flexibility index (Phi) is 6.89. The van der Waals surface area contributed by atoms with Crippen molar-refractivity contribution in [2.24, 2.45) is 0 Å². The first-order chi connectivity index (χ1) is 16.0. The van der Waals surface area contributed by atoms with Gasteiger partial charge in [-0.3, -0.25) is 0 Å². The zero-order valence-corrected chi connectivity index (χ0v) is 19.1. The average molecular weight is 442 g/mol. The molecule has 4 aromatic rings. The molecule has 33 heavy (non-hydrogen) atoms. The molecule has 5 nitrogen and oxygen atoms in total. The van der Waals surface area contributed by atoms with Gasteiger partial charge >= 0.3 is 5.97 Å². The summed E-state index contributed by atoms with van der Waals surface area (Å²) in [4.78, 5) is 16.2. The molecule has 0 amide bonds. The fourth-order valence-corrected chi connectivity index (χ4v) is 3.68. The minimum Gasteiger partial charge on any atom is -0.482 e. The van der Waals surface area contributed by atoms with E-state index in [2.05, 4.69) is 55.0 Å². The molecule has 1 heterocycles. The summed E-state index contributed by atoms with van der Waals surface area (Å²) in [7, 11) is 1.34. The summed E-state index contributed by atoms with van der Waals surface area (Å²) in [6.45, 7) is 4.04. The number of carbonyl (C=O) groups excluding carboxylic acids is 1. The van der Waals surface area contributed by atoms with E-state index in [1.54, 1.807) is 0 Å². The zero-order valence-electron chi connectivity index (χ0n) is 19.1. The number of ether oxygens (including phenoxy) is 2. The van der Waals surface area contributed by atoms with Gasteiger partial charge in [0, 0.05) is 17.5 Å². The van der Waals surface area contributed by atoms with Crippen LogP contribution in [0, 0.1) is 13.8 Å². The van der Waals surface area contributed by atoms with Crippen molar-refractivity contribution < 1.29 is 18.7 Å². The fourth-order valence-electron chi connectivity index (χ4n) is 3.68. The number of benzene rings is 3. The van der Waals surface area contributed by atoms with Gasteiger partial charge in [-0.25, -0.2) is 9.78 Å². The van der Waals surface area contributed by atoms with Crippen LogP contribution in [0.3, 0.4) is 0 Å². The van der Waals surface area contributed by atoms with Crippen LogP contribution in [0.15, 0.2) is 77.2 Å². The van der Waals surface area contributed by atoms with Gasteiger partial charge in [-0.1, -0.05) is 59.7 Å². The Morgan fingerprint density at radius 2 is 1.58 bits per heavy atom. The van der Waals surface area contributed by atoms with Crippen LogP contribution in [0.2, 0.25) is 0 Å². The van der Waals surface area contributed by atoms with Crippen LogP contribution in [0.4, 0.5) is 0 Å². The summed E-state index contributed by atoms with van der Waals surface area (Å²) in [5, 5.41) is 0. The van der Waals surface area contributed by atoms with Crippen molar-refractivity contribution in [1.82, 2.24) is 4.98 Å². The standard InChI is InChI=1S/C28H27NO4/c1-19-7-4-10-22(15-19)27-28(23-11-5-8-20(2)16-23)33-25(29-27)14-13-21-9-6-12-24(17-21)32-18-26(30)31-3/h4-12,15-17H,13-14,18H2,1-3H3. The summed E-state index contributed by atoms with van der Waals surface area (Å²) in [6, 6.07) is 24.3. The molecule has 0 saturated carbocycles. The number of methoxy groups -OCH3 is 1. The Morgan fingerprint density at radius 3 is 2.30 bits per heavy atom. The Balaban J connectivity index is 1.58. The van der Waals surface area contributed by atoms with E-state index < -0.39 is 5.97 Å². The number of esters is 1. The first-order valence-electron chi connectivity index (χ1n) is 10.9. The summed E-state index contributed by atoms with van der Waals surface area (Å²) in [6.07, 6.45) is 1.38. The largest absolute Gasteiger partial charge is 0.482 e. The molecule has 0 aliphatic heterocycles. The van der Waals surface area contributed by atoms with Crippen LogP contribution in [-0.2, 0) is 22.4 Å². The first kappa shape index (κ1) is 22.3. The number of hydrogen-bond acceptors (Lipinski definition) is 5. The third kappa shape index (κ3) is 5.69. The SMILES string of the molecule is COC(=O)COc1cccc(CCc2nc(-c3cccc(C)c3)c(-c3cccc(C)c3)o2)c1. The third-order valence-corrected chi connectivity index (χ3v) is 5.35. The van der Waals surface area contributed by atoms with Crippen molar-refractivity contribution in [3.8, 4) is 28.3 Å². The second-order valence-electron chi connectivity index (χ2n) is 8.04. The maximum Gasteiger partial charge on any atom is 0.343 e. The number of aromatic nitrogens is 1. The molecule has 0 radical (unpaired) electrons. The third-order valence-electron chi connectivity index (χ3n) is 5.35. The highest BCUT2D eigenvalue weighted by molar-refractivity contribution is 5.77. The highest BCUT2D eigenvalue weighted by Gasteiger charge is 2.17. The number of aryl methyl sites for hydroxylation is 4. The number of oxazole rings is 1. The van der Waals surface area contributed by atoms with E-state index in [-0.39, 0.29) is 6.61 Å². The van der Waals surface area contributed by atoms with Crippen molar-refractivity contribution in [3.63, 3.8) is 0 Å². The molecule has 0 aliphatic rings. The quantitative estimate of drug-likeness (QED) is 0.316. The molecule has 3 aromatic carbocycles. The second kappa shape index (κ2) is 10.2. The predicted molar refractivity (Wildman–Crippen MR) is 128 cm³/mol. The van der Waals surface area contributed by atoms with E-state index in [4.69, 9.17) is 14.1 Å². The van der Waals surface area contributed by atoms with Gasteiger partial charge in [0.15, 0.2) is 18.3 Å². The molecular weight excluding hydrogens is 414 g/mol. The molecule has 0 unspecified atom stereocenters.